The van der Waals surface area contributed by atoms with E-state index in [-0.39, 0.29) is 22.5 Å². The van der Waals surface area contributed by atoms with E-state index in [2.05, 4.69) is 4.98 Å². The summed E-state index contributed by atoms with van der Waals surface area (Å²) in [5.41, 5.74) is 0.308. The molecule has 1 heterocycles. The van der Waals surface area contributed by atoms with Crippen LogP contribution in [0, 0.1) is 12.9 Å². The molecule has 4 nitrogen and oxygen atoms in total. The van der Waals surface area contributed by atoms with Gasteiger partial charge in [0, 0.05) is 0 Å². The fourth-order valence-electron chi connectivity index (χ4n) is 1.08. The van der Waals surface area contributed by atoms with Crippen molar-refractivity contribution in [3.05, 3.63) is 21.6 Å². The van der Waals surface area contributed by atoms with E-state index in [1.165, 1.54) is 6.92 Å². The monoisotopic (exact) mass is 295 g/mol. The van der Waals surface area contributed by atoms with Gasteiger partial charge in [-0.25, -0.2) is 4.79 Å². The topological polar surface area (TPSA) is 48.4 Å². The van der Waals surface area contributed by atoms with E-state index in [1.807, 2.05) is 6.92 Å². The predicted octanol–water partition coefficient (Wildman–Crippen LogP) is 3.17. The zero-order chi connectivity index (χ0) is 13.7. The minimum Gasteiger partial charge on any atom is -0.465 e. The number of halogens is 3. The highest BCUT2D eigenvalue weighted by Gasteiger charge is 2.16. The molecule has 0 spiro atoms. The number of nitrogens with zero attached hydrogens (tertiary/aromatic N) is 1. The van der Waals surface area contributed by atoms with Crippen molar-refractivity contribution in [3.63, 3.8) is 0 Å². The van der Waals surface area contributed by atoms with Crippen LogP contribution in [0.25, 0.3) is 0 Å². The van der Waals surface area contributed by atoms with Crippen LogP contribution in [0.15, 0.2) is 0 Å². The van der Waals surface area contributed by atoms with Crippen molar-refractivity contribution < 1.29 is 18.7 Å². The molecule has 0 bridgehead atoms. The lowest BCUT2D eigenvalue weighted by molar-refractivity contribution is -0.146. The molecule has 18 heavy (non-hydrogen) atoms. The fourth-order valence-corrected chi connectivity index (χ4v) is 1.46. The van der Waals surface area contributed by atoms with Crippen LogP contribution < -0.4 is 4.74 Å². The molecule has 0 aliphatic rings. The van der Waals surface area contributed by atoms with Crippen molar-refractivity contribution >= 4 is 29.2 Å². The molecule has 0 amide bonds. The van der Waals surface area contributed by atoms with Gasteiger partial charge in [0.2, 0.25) is 11.8 Å². The van der Waals surface area contributed by atoms with Gasteiger partial charge in [0.05, 0.1) is 6.61 Å². The van der Waals surface area contributed by atoms with Gasteiger partial charge < -0.3 is 9.47 Å². The summed E-state index contributed by atoms with van der Waals surface area (Å²) < 4.78 is 23.0. The molecule has 0 aliphatic heterocycles. The number of aromatic nitrogens is 1. The summed E-state index contributed by atoms with van der Waals surface area (Å²) in [6.45, 7) is 3.31. The molecular formula is C11H12Cl2FNO3. The van der Waals surface area contributed by atoms with E-state index < -0.39 is 11.9 Å². The summed E-state index contributed by atoms with van der Waals surface area (Å²) >= 11 is 11.5. The van der Waals surface area contributed by atoms with Crippen LogP contribution in [0.4, 0.5) is 4.39 Å². The highest BCUT2D eigenvalue weighted by Crippen LogP contribution is 2.32. The van der Waals surface area contributed by atoms with E-state index >= 15 is 0 Å². The zero-order valence-corrected chi connectivity index (χ0v) is 11.4. The van der Waals surface area contributed by atoms with Gasteiger partial charge in [0.1, 0.15) is 10.0 Å². The third kappa shape index (κ3) is 3.71. The first-order valence-corrected chi connectivity index (χ1v) is 6.02. The largest absolute Gasteiger partial charge is 0.465 e. The van der Waals surface area contributed by atoms with Crippen LogP contribution in [0.1, 0.15) is 18.9 Å². The van der Waals surface area contributed by atoms with Crippen molar-refractivity contribution in [1.82, 2.24) is 4.98 Å². The lowest BCUT2D eigenvalue weighted by Gasteiger charge is -2.09. The molecule has 0 fully saturated rings. The van der Waals surface area contributed by atoms with Crippen LogP contribution in [0.2, 0.25) is 10.0 Å². The fraction of sp³-hybridized carbons (Fsp3) is 0.455. The molecule has 0 radical (unpaired) electrons. The van der Waals surface area contributed by atoms with Gasteiger partial charge in [0.25, 0.3) is 0 Å². The molecule has 0 aliphatic carbocycles. The van der Waals surface area contributed by atoms with Gasteiger partial charge in [0.15, 0.2) is 6.61 Å². The van der Waals surface area contributed by atoms with Gasteiger partial charge in [-0.05, 0) is 18.9 Å². The molecule has 0 saturated carbocycles. The Morgan fingerprint density at radius 3 is 2.67 bits per heavy atom. The molecule has 7 heteroatoms. The van der Waals surface area contributed by atoms with Gasteiger partial charge in [-0.1, -0.05) is 30.1 Å². The maximum absolute atomic E-state index is 13.2. The molecule has 0 unspecified atom stereocenters. The lowest BCUT2D eigenvalue weighted by Crippen LogP contribution is -2.16. The summed E-state index contributed by atoms with van der Waals surface area (Å²) in [5.74, 6) is -1.64. The van der Waals surface area contributed by atoms with Crippen LogP contribution >= 0.6 is 23.2 Å². The first kappa shape index (κ1) is 15.0. The first-order chi connectivity index (χ1) is 8.47. The van der Waals surface area contributed by atoms with E-state index in [0.29, 0.717) is 18.6 Å². The Morgan fingerprint density at radius 2 is 2.06 bits per heavy atom. The summed E-state index contributed by atoms with van der Waals surface area (Å²) in [5, 5.41) is -0.0920. The Morgan fingerprint density at radius 1 is 1.39 bits per heavy atom. The van der Waals surface area contributed by atoms with Crippen molar-refractivity contribution in [3.8, 4) is 5.88 Å². The standard InChI is InChI=1S/C11H12Cl2FNO3/c1-3-4-17-7(16)5-18-11-9(13)6(2)8(12)10(14)15-11/h3-5H2,1-2H3. The number of hydrogen-bond donors (Lipinski definition) is 0. The number of carbonyl (C=O) groups is 1. The second-order valence-electron chi connectivity index (χ2n) is 3.47. The van der Waals surface area contributed by atoms with Gasteiger partial charge in [-0.15, -0.1) is 0 Å². The second-order valence-corrected chi connectivity index (χ2v) is 4.23. The van der Waals surface area contributed by atoms with E-state index in [1.54, 1.807) is 0 Å². The number of pyridine rings is 1. The van der Waals surface area contributed by atoms with Crippen LogP contribution in [-0.4, -0.2) is 24.2 Å². The van der Waals surface area contributed by atoms with E-state index in [9.17, 15) is 9.18 Å². The third-order valence-electron chi connectivity index (χ3n) is 2.02. The molecule has 0 saturated heterocycles. The molecule has 0 atom stereocenters. The maximum atomic E-state index is 13.2. The van der Waals surface area contributed by atoms with Crippen LogP contribution in [0.5, 0.6) is 5.88 Å². The Labute approximate surface area is 114 Å². The quantitative estimate of drug-likeness (QED) is 0.618. The number of ether oxygens (including phenoxy) is 2. The lowest BCUT2D eigenvalue weighted by atomic mass is 10.3. The Bertz CT molecular complexity index is 454. The van der Waals surface area contributed by atoms with Crippen LogP contribution in [-0.2, 0) is 9.53 Å². The molecule has 0 aromatic carbocycles. The first-order valence-electron chi connectivity index (χ1n) is 5.26. The highest BCUT2D eigenvalue weighted by atomic mass is 35.5. The average molecular weight is 296 g/mol. The van der Waals surface area contributed by atoms with Gasteiger partial charge >= 0.3 is 5.97 Å². The number of hydrogen-bond acceptors (Lipinski definition) is 4. The summed E-state index contributed by atoms with van der Waals surface area (Å²) in [4.78, 5) is 14.6. The van der Waals surface area contributed by atoms with E-state index in [0.717, 1.165) is 0 Å². The van der Waals surface area contributed by atoms with Crippen LogP contribution in [0.3, 0.4) is 0 Å². The Balaban J connectivity index is 2.71. The summed E-state index contributed by atoms with van der Waals surface area (Å²) in [7, 11) is 0. The molecule has 0 N–H and O–H groups in total. The molecule has 1 rings (SSSR count). The average Bonchev–Trinajstić information content (AvgIpc) is 2.36. The molecule has 1 aromatic rings. The Kier molecular flexibility index (Phi) is 5.62. The second kappa shape index (κ2) is 6.75. The molecule has 1 aromatic heterocycles. The number of esters is 1. The molecule has 100 valence electrons. The summed E-state index contributed by atoms with van der Waals surface area (Å²) in [6.07, 6.45) is 0.708. The zero-order valence-electron chi connectivity index (χ0n) is 9.93. The minimum absolute atomic E-state index is 0.0738. The van der Waals surface area contributed by atoms with Crippen molar-refractivity contribution in [2.45, 2.75) is 20.3 Å². The van der Waals surface area contributed by atoms with Crippen molar-refractivity contribution in [2.24, 2.45) is 0 Å². The summed E-state index contributed by atoms with van der Waals surface area (Å²) in [6, 6.07) is 0. The smallest absolute Gasteiger partial charge is 0.344 e. The predicted molar refractivity (Wildman–Crippen MR) is 65.7 cm³/mol. The number of carbonyl (C=O) groups excluding carboxylic acids is 1. The highest BCUT2D eigenvalue weighted by molar-refractivity contribution is 6.36. The van der Waals surface area contributed by atoms with Gasteiger partial charge in [-0.2, -0.15) is 9.37 Å². The van der Waals surface area contributed by atoms with Gasteiger partial charge in [-0.3, -0.25) is 0 Å². The molecular weight excluding hydrogens is 284 g/mol. The minimum atomic E-state index is -0.893. The maximum Gasteiger partial charge on any atom is 0.344 e. The Hall–Kier alpha value is -1.07. The van der Waals surface area contributed by atoms with E-state index in [4.69, 9.17) is 32.7 Å². The third-order valence-corrected chi connectivity index (χ3v) is 2.91. The number of rotatable bonds is 5. The normalized spacial score (nSPS) is 10.3. The van der Waals surface area contributed by atoms with Crippen molar-refractivity contribution in [1.29, 1.82) is 0 Å². The van der Waals surface area contributed by atoms with Crippen molar-refractivity contribution in [2.75, 3.05) is 13.2 Å². The SMILES string of the molecule is CCCOC(=O)COc1nc(F)c(Cl)c(C)c1Cl.